The van der Waals surface area contributed by atoms with Gasteiger partial charge in [0, 0.05) is 19.6 Å². The lowest BCUT2D eigenvalue weighted by molar-refractivity contribution is -0.109. The normalized spacial score (nSPS) is 8.71. The van der Waals surface area contributed by atoms with Gasteiger partial charge in [0.1, 0.15) is 18.6 Å². The van der Waals surface area contributed by atoms with Crippen molar-refractivity contribution in [3.63, 3.8) is 0 Å². The fourth-order valence-electron chi connectivity index (χ4n) is 2.93. The van der Waals surface area contributed by atoms with E-state index in [9.17, 15) is 14.0 Å². The van der Waals surface area contributed by atoms with Gasteiger partial charge in [0.05, 0.1) is 6.07 Å². The molecule has 0 aliphatic heterocycles. The van der Waals surface area contributed by atoms with E-state index in [4.69, 9.17) is 10.00 Å². The summed E-state index contributed by atoms with van der Waals surface area (Å²) in [5, 5.41) is 9.88. The average molecular weight is 589 g/mol. The van der Waals surface area contributed by atoms with E-state index in [0.29, 0.717) is 18.4 Å². The Morgan fingerprint density at radius 3 is 1.81 bits per heavy atom. The Hall–Kier alpha value is -3.04. The Morgan fingerprint density at radius 1 is 0.786 bits per heavy atom. The molecule has 0 bridgehead atoms. The van der Waals surface area contributed by atoms with Gasteiger partial charge in [-0.15, -0.1) is 0 Å². The largest absolute Gasteiger partial charge is 0.381 e. The first-order valence-corrected chi connectivity index (χ1v) is 15.8. The maximum atomic E-state index is 13.5. The highest BCUT2D eigenvalue weighted by Gasteiger charge is 2.04. The molecule has 0 atom stereocenters. The number of rotatable bonds is 13. The predicted molar refractivity (Wildman–Crippen MR) is 179 cm³/mol. The summed E-state index contributed by atoms with van der Waals surface area (Å²) in [6.07, 6.45) is 10.8. The molecule has 6 heteroatoms. The molecule has 5 nitrogen and oxygen atoms in total. The Kier molecular flexibility index (Phi) is 41.5. The highest BCUT2D eigenvalue weighted by atomic mass is 19.1. The van der Waals surface area contributed by atoms with Gasteiger partial charge in [0.25, 0.3) is 0 Å². The molecule has 1 amide bonds. The zero-order valence-electron chi connectivity index (χ0n) is 28.4. The third kappa shape index (κ3) is 28.5. The van der Waals surface area contributed by atoms with E-state index in [0.717, 1.165) is 48.2 Å². The van der Waals surface area contributed by atoms with Gasteiger partial charge < -0.3 is 14.8 Å². The van der Waals surface area contributed by atoms with Crippen LogP contribution in [-0.2, 0) is 20.7 Å². The molecule has 0 unspecified atom stereocenters. The molecule has 2 aromatic carbocycles. The van der Waals surface area contributed by atoms with Crippen LogP contribution >= 0.6 is 0 Å². The Bertz CT molecular complexity index is 901. The number of aldehydes is 1. The number of carbonyl (C=O) groups excluding carboxylic acids is 2. The molecule has 0 heterocycles. The Morgan fingerprint density at radius 2 is 1.38 bits per heavy atom. The molecule has 42 heavy (non-hydrogen) atoms. The predicted octanol–water partition coefficient (Wildman–Crippen LogP) is 9.96. The number of hydrogen-bond acceptors (Lipinski definition) is 4. The topological polar surface area (TPSA) is 79.2 Å². The molecule has 0 saturated carbocycles. The summed E-state index contributed by atoms with van der Waals surface area (Å²) in [5.41, 5.74) is 4.55. The smallest absolute Gasteiger partial charge is 0.207 e. The lowest BCUT2D eigenvalue weighted by Gasteiger charge is -2.07. The summed E-state index contributed by atoms with van der Waals surface area (Å²) in [5.74, 6) is -0.192. The number of carbonyl (C=O) groups is 2. The van der Waals surface area contributed by atoms with Gasteiger partial charge in [-0.05, 0) is 60.6 Å². The van der Waals surface area contributed by atoms with Crippen molar-refractivity contribution in [2.75, 3.05) is 19.8 Å². The summed E-state index contributed by atoms with van der Waals surface area (Å²) in [6.45, 7) is 22.5. The fourth-order valence-corrected chi connectivity index (χ4v) is 2.93. The van der Waals surface area contributed by atoms with Gasteiger partial charge in [-0.1, -0.05) is 118 Å². The van der Waals surface area contributed by atoms with Crippen LogP contribution in [0.4, 0.5) is 4.39 Å². The van der Waals surface area contributed by atoms with E-state index < -0.39 is 0 Å². The molecular weight excluding hydrogens is 527 g/mol. The van der Waals surface area contributed by atoms with E-state index in [2.05, 4.69) is 33.0 Å². The first kappa shape index (κ1) is 45.9. The minimum Gasteiger partial charge on any atom is -0.381 e. The number of ether oxygens (including phenoxy) is 1. The minimum atomic E-state index is -0.192. The SMILES string of the molecule is CC.CC.CCCC.CCCCCCOCCC.Cc1ccc(-c2ccc(CC=O)c(C)c2)cc1F.N#CCNC=O. The molecule has 240 valence electrons. The Labute approximate surface area is 258 Å². The number of halogens is 1. The van der Waals surface area contributed by atoms with Gasteiger partial charge in [-0.25, -0.2) is 4.39 Å². The van der Waals surface area contributed by atoms with Gasteiger partial charge in [0.2, 0.25) is 6.41 Å². The quantitative estimate of drug-likeness (QED) is 0.143. The molecule has 0 aliphatic rings. The number of benzene rings is 2. The highest BCUT2D eigenvalue weighted by molar-refractivity contribution is 5.66. The fraction of sp³-hybridized carbons (Fsp3) is 0.583. The van der Waals surface area contributed by atoms with Crippen molar-refractivity contribution < 1.29 is 18.7 Å². The van der Waals surface area contributed by atoms with Crippen LogP contribution in [0.1, 0.15) is 117 Å². The summed E-state index contributed by atoms with van der Waals surface area (Å²) >= 11 is 0. The standard InChI is InChI=1S/C16H15FO.C9H20O.C4H10.C3H4N2O.2C2H6/c1-11-3-4-15(10-16(11)17)14-6-5-13(7-8-18)12(2)9-14;1-3-5-6-7-9-10-8-4-2;1-3-4-2;4-1-2-5-3-6;2*1-2/h3-6,8-10H,7H2,1-2H3;3-9H2,1-2H3;3-4H2,1-2H3;3H,2H2,(H,5,6);2*1-2H3. The van der Waals surface area contributed by atoms with Crippen LogP contribution in [0.5, 0.6) is 0 Å². The average Bonchev–Trinajstić information content (AvgIpc) is 3.03. The van der Waals surface area contributed by atoms with Crippen LogP contribution in [0.15, 0.2) is 36.4 Å². The van der Waals surface area contributed by atoms with Gasteiger partial charge in [-0.3, -0.25) is 4.79 Å². The minimum absolute atomic E-state index is 0.101. The zero-order chi connectivity index (χ0) is 33.0. The van der Waals surface area contributed by atoms with Crippen LogP contribution in [0.25, 0.3) is 11.1 Å². The van der Waals surface area contributed by atoms with Crippen LogP contribution < -0.4 is 5.32 Å². The maximum Gasteiger partial charge on any atom is 0.207 e. The van der Waals surface area contributed by atoms with Crippen molar-refractivity contribution in [1.82, 2.24) is 5.32 Å². The summed E-state index contributed by atoms with van der Waals surface area (Å²) in [7, 11) is 0. The number of amides is 1. The number of hydrogen-bond donors (Lipinski definition) is 1. The third-order valence-electron chi connectivity index (χ3n) is 5.41. The lowest BCUT2D eigenvalue weighted by atomic mass is 9.98. The molecule has 0 aromatic heterocycles. The summed E-state index contributed by atoms with van der Waals surface area (Å²) in [6, 6.07) is 12.8. The van der Waals surface area contributed by atoms with E-state index in [-0.39, 0.29) is 12.4 Å². The first-order chi connectivity index (χ1) is 20.4. The van der Waals surface area contributed by atoms with E-state index in [1.807, 2.05) is 58.9 Å². The van der Waals surface area contributed by atoms with Crippen molar-refractivity contribution in [2.24, 2.45) is 0 Å². The van der Waals surface area contributed by atoms with Gasteiger partial charge >= 0.3 is 0 Å². The monoisotopic (exact) mass is 588 g/mol. The van der Waals surface area contributed by atoms with Crippen molar-refractivity contribution >= 4 is 12.7 Å². The second-order valence-electron chi connectivity index (χ2n) is 8.81. The molecule has 2 aromatic rings. The molecule has 0 fully saturated rings. The van der Waals surface area contributed by atoms with E-state index >= 15 is 0 Å². The van der Waals surface area contributed by atoms with Crippen molar-refractivity contribution in [3.8, 4) is 17.2 Å². The Balaban J connectivity index is -0.000000255. The zero-order valence-corrected chi connectivity index (χ0v) is 28.4. The number of nitriles is 1. The van der Waals surface area contributed by atoms with Crippen LogP contribution in [0.2, 0.25) is 0 Å². The number of unbranched alkanes of at least 4 members (excludes halogenated alkanes) is 4. The molecule has 0 aliphatic carbocycles. The van der Waals surface area contributed by atoms with E-state index in [1.165, 1.54) is 38.5 Å². The van der Waals surface area contributed by atoms with Gasteiger partial charge in [0.15, 0.2) is 0 Å². The van der Waals surface area contributed by atoms with E-state index in [1.54, 1.807) is 25.1 Å². The number of nitrogens with one attached hydrogen (secondary N) is 1. The van der Waals surface area contributed by atoms with Crippen molar-refractivity contribution in [2.45, 2.75) is 121 Å². The second kappa shape index (κ2) is 38.0. The van der Waals surface area contributed by atoms with Crippen LogP contribution in [0, 0.1) is 31.0 Å². The van der Waals surface area contributed by atoms with Gasteiger partial charge in [-0.2, -0.15) is 5.26 Å². The van der Waals surface area contributed by atoms with Crippen LogP contribution in [0.3, 0.4) is 0 Å². The number of nitrogens with zero attached hydrogens (tertiary/aromatic N) is 1. The third-order valence-corrected chi connectivity index (χ3v) is 5.41. The number of aryl methyl sites for hydroxylation is 2. The molecule has 2 rings (SSSR count). The maximum absolute atomic E-state index is 13.5. The van der Waals surface area contributed by atoms with Crippen molar-refractivity contribution in [1.29, 1.82) is 5.26 Å². The van der Waals surface area contributed by atoms with Crippen molar-refractivity contribution in [3.05, 3.63) is 58.9 Å². The second-order valence-corrected chi connectivity index (χ2v) is 8.81. The first-order valence-electron chi connectivity index (χ1n) is 15.8. The van der Waals surface area contributed by atoms with Crippen LogP contribution in [-0.4, -0.2) is 32.5 Å². The highest BCUT2D eigenvalue weighted by Crippen LogP contribution is 2.24. The summed E-state index contributed by atoms with van der Waals surface area (Å²) in [4.78, 5) is 19.8. The molecular formula is C36H61FN2O3. The molecule has 0 spiro atoms. The lowest BCUT2D eigenvalue weighted by Crippen LogP contribution is -2.09. The molecule has 0 saturated heterocycles. The molecule has 1 N–H and O–H groups in total. The molecule has 0 radical (unpaired) electrons. The summed E-state index contributed by atoms with van der Waals surface area (Å²) < 4.78 is 18.8.